The van der Waals surface area contributed by atoms with E-state index in [-0.39, 0.29) is 11.6 Å². The van der Waals surface area contributed by atoms with Crippen LogP contribution in [0.4, 0.5) is 0 Å². The number of hydrogen-bond donors (Lipinski definition) is 3. The normalized spacial score (nSPS) is 10.2. The van der Waals surface area contributed by atoms with E-state index < -0.39 is 5.69 Å². The van der Waals surface area contributed by atoms with Crippen molar-refractivity contribution in [1.29, 1.82) is 0 Å². The summed E-state index contributed by atoms with van der Waals surface area (Å²) in [4.78, 5) is 27.2. The van der Waals surface area contributed by atoms with Crippen LogP contribution >= 0.6 is 15.9 Å². The first kappa shape index (κ1) is 11.7. The van der Waals surface area contributed by atoms with Gasteiger partial charge in [0.1, 0.15) is 5.69 Å². The summed E-state index contributed by atoms with van der Waals surface area (Å²) in [6.45, 7) is 0.416. The second-order valence-corrected chi connectivity index (χ2v) is 4.38. The van der Waals surface area contributed by atoms with Gasteiger partial charge in [0.25, 0.3) is 5.91 Å². The molecule has 3 N–H and O–H groups in total. The number of halogens is 1. The Kier molecular flexibility index (Phi) is 3.43. The van der Waals surface area contributed by atoms with Crippen LogP contribution < -0.4 is 11.0 Å². The predicted molar refractivity (Wildman–Crippen MR) is 66.7 cm³/mol. The Morgan fingerprint density at radius 3 is 2.59 bits per heavy atom. The molecule has 2 aromatic rings. The lowest BCUT2D eigenvalue weighted by atomic mass is 10.2. The zero-order chi connectivity index (χ0) is 12.3. The number of amides is 1. The summed E-state index contributed by atoms with van der Waals surface area (Å²) in [7, 11) is 0. The molecule has 0 spiro atoms. The molecule has 1 heterocycles. The zero-order valence-corrected chi connectivity index (χ0v) is 10.4. The smallest absolute Gasteiger partial charge is 0.323 e. The van der Waals surface area contributed by atoms with E-state index in [1.807, 2.05) is 24.3 Å². The quantitative estimate of drug-likeness (QED) is 0.800. The fourth-order valence-electron chi connectivity index (χ4n) is 1.33. The molecule has 5 nitrogen and oxygen atoms in total. The van der Waals surface area contributed by atoms with Crippen LogP contribution in [-0.2, 0) is 6.54 Å². The second-order valence-electron chi connectivity index (χ2n) is 3.47. The molecule has 2 rings (SSSR count). The van der Waals surface area contributed by atoms with Crippen molar-refractivity contribution in [2.45, 2.75) is 6.54 Å². The largest absolute Gasteiger partial charge is 0.347 e. The molecular weight excluding hydrogens is 286 g/mol. The lowest BCUT2D eigenvalue weighted by Gasteiger charge is -2.03. The maximum Gasteiger partial charge on any atom is 0.323 e. The molecule has 88 valence electrons. The monoisotopic (exact) mass is 295 g/mol. The van der Waals surface area contributed by atoms with Gasteiger partial charge in [0, 0.05) is 17.2 Å². The van der Waals surface area contributed by atoms with Crippen molar-refractivity contribution >= 4 is 21.8 Å². The van der Waals surface area contributed by atoms with Crippen LogP contribution in [0.15, 0.2) is 39.7 Å². The van der Waals surface area contributed by atoms with E-state index >= 15 is 0 Å². The standard InChI is InChI=1S/C11H10BrN3O2/c12-8-3-1-7(2-4-8)5-13-10(16)9-6-14-11(17)15-9/h1-4,6H,5H2,(H,13,16)(H2,14,15,17). The Morgan fingerprint density at radius 1 is 1.29 bits per heavy atom. The molecule has 0 atom stereocenters. The number of benzene rings is 1. The van der Waals surface area contributed by atoms with Gasteiger partial charge < -0.3 is 15.3 Å². The van der Waals surface area contributed by atoms with E-state index in [0.717, 1.165) is 10.0 Å². The summed E-state index contributed by atoms with van der Waals surface area (Å²) in [5.74, 6) is -0.314. The van der Waals surface area contributed by atoms with E-state index in [9.17, 15) is 9.59 Å². The molecule has 1 amide bonds. The molecule has 0 bridgehead atoms. The first-order valence-electron chi connectivity index (χ1n) is 4.95. The Morgan fingerprint density at radius 2 is 2.00 bits per heavy atom. The average Bonchev–Trinajstić information content (AvgIpc) is 2.75. The molecule has 0 saturated heterocycles. The Hall–Kier alpha value is -1.82. The van der Waals surface area contributed by atoms with Crippen LogP contribution in [0.25, 0.3) is 0 Å². The van der Waals surface area contributed by atoms with Crippen LogP contribution in [0.2, 0.25) is 0 Å². The number of nitrogens with one attached hydrogen (secondary N) is 3. The highest BCUT2D eigenvalue weighted by atomic mass is 79.9. The van der Waals surface area contributed by atoms with E-state index in [2.05, 4.69) is 31.2 Å². The van der Waals surface area contributed by atoms with Crippen LogP contribution in [0.5, 0.6) is 0 Å². The van der Waals surface area contributed by atoms with Crippen molar-refractivity contribution in [1.82, 2.24) is 15.3 Å². The lowest BCUT2D eigenvalue weighted by molar-refractivity contribution is 0.0946. The second kappa shape index (κ2) is 5.01. The topological polar surface area (TPSA) is 77.8 Å². The number of hydrogen-bond acceptors (Lipinski definition) is 2. The minimum absolute atomic E-state index is 0.229. The maximum absolute atomic E-state index is 11.6. The highest BCUT2D eigenvalue weighted by Gasteiger charge is 2.06. The lowest BCUT2D eigenvalue weighted by Crippen LogP contribution is -2.23. The Balaban J connectivity index is 1.96. The molecule has 6 heteroatoms. The third-order valence-electron chi connectivity index (χ3n) is 2.21. The van der Waals surface area contributed by atoms with Gasteiger partial charge in [0.05, 0.1) is 0 Å². The van der Waals surface area contributed by atoms with Crippen LogP contribution in [0, 0.1) is 0 Å². The van der Waals surface area contributed by atoms with Crippen molar-refractivity contribution < 1.29 is 4.79 Å². The van der Waals surface area contributed by atoms with Gasteiger partial charge in [-0.15, -0.1) is 0 Å². The van der Waals surface area contributed by atoms with E-state index in [1.54, 1.807) is 0 Å². The zero-order valence-electron chi connectivity index (χ0n) is 8.79. The van der Waals surface area contributed by atoms with Gasteiger partial charge in [0.2, 0.25) is 0 Å². The first-order chi connectivity index (χ1) is 8.15. The third kappa shape index (κ3) is 3.07. The molecule has 0 fully saturated rings. The van der Waals surface area contributed by atoms with Gasteiger partial charge in [0.15, 0.2) is 0 Å². The number of aromatic amines is 2. The molecule has 0 aliphatic carbocycles. The van der Waals surface area contributed by atoms with Gasteiger partial charge in [-0.2, -0.15) is 0 Å². The first-order valence-corrected chi connectivity index (χ1v) is 5.75. The van der Waals surface area contributed by atoms with E-state index in [4.69, 9.17) is 0 Å². The summed E-state index contributed by atoms with van der Waals surface area (Å²) in [5.41, 5.74) is 0.824. The van der Waals surface area contributed by atoms with Crippen LogP contribution in [0.1, 0.15) is 16.1 Å². The summed E-state index contributed by atoms with van der Waals surface area (Å²) in [6.07, 6.45) is 1.35. The fourth-order valence-corrected chi connectivity index (χ4v) is 1.60. The van der Waals surface area contributed by atoms with Crippen molar-refractivity contribution in [2.24, 2.45) is 0 Å². The summed E-state index contributed by atoms with van der Waals surface area (Å²) in [6, 6.07) is 7.62. The van der Waals surface area contributed by atoms with Crippen molar-refractivity contribution in [3.63, 3.8) is 0 Å². The van der Waals surface area contributed by atoms with Gasteiger partial charge in [-0.05, 0) is 17.7 Å². The molecule has 0 aliphatic rings. The Bertz CT molecular complexity index is 571. The Labute approximate surface area is 105 Å². The van der Waals surface area contributed by atoms with Gasteiger partial charge in [-0.1, -0.05) is 28.1 Å². The minimum atomic E-state index is -0.390. The summed E-state index contributed by atoms with van der Waals surface area (Å²) >= 11 is 3.33. The maximum atomic E-state index is 11.6. The summed E-state index contributed by atoms with van der Waals surface area (Å²) in [5, 5.41) is 2.70. The van der Waals surface area contributed by atoms with Gasteiger partial charge in [-0.3, -0.25) is 4.79 Å². The molecule has 0 saturated carbocycles. The molecule has 0 unspecified atom stereocenters. The molecule has 1 aromatic heterocycles. The minimum Gasteiger partial charge on any atom is -0.347 e. The molecule has 1 aromatic carbocycles. The van der Waals surface area contributed by atoms with E-state index in [1.165, 1.54) is 6.20 Å². The van der Waals surface area contributed by atoms with Gasteiger partial charge >= 0.3 is 5.69 Å². The number of carbonyl (C=O) groups excluding carboxylic acids is 1. The van der Waals surface area contributed by atoms with E-state index in [0.29, 0.717) is 6.54 Å². The van der Waals surface area contributed by atoms with Gasteiger partial charge in [-0.25, -0.2) is 4.79 Å². The SMILES string of the molecule is O=C(NCc1ccc(Br)cc1)c1c[nH]c(=O)[nH]1. The highest BCUT2D eigenvalue weighted by Crippen LogP contribution is 2.10. The number of carbonyl (C=O) groups is 1. The predicted octanol–water partition coefficient (Wildman–Crippen LogP) is 1.40. The molecular formula is C11H10BrN3O2. The fraction of sp³-hybridized carbons (Fsp3) is 0.0909. The van der Waals surface area contributed by atoms with Crippen LogP contribution in [-0.4, -0.2) is 15.9 Å². The highest BCUT2D eigenvalue weighted by molar-refractivity contribution is 9.10. The van der Waals surface area contributed by atoms with Crippen LogP contribution in [0.3, 0.4) is 0 Å². The number of H-pyrrole nitrogens is 2. The summed E-state index contributed by atoms with van der Waals surface area (Å²) < 4.78 is 0.988. The van der Waals surface area contributed by atoms with Crippen molar-refractivity contribution in [3.05, 3.63) is 56.7 Å². The number of aromatic nitrogens is 2. The van der Waals surface area contributed by atoms with Crippen molar-refractivity contribution in [3.8, 4) is 0 Å². The molecule has 0 radical (unpaired) electrons. The third-order valence-corrected chi connectivity index (χ3v) is 2.74. The van der Waals surface area contributed by atoms with Crippen molar-refractivity contribution in [2.75, 3.05) is 0 Å². The number of rotatable bonds is 3. The number of imidazole rings is 1. The molecule has 0 aliphatic heterocycles. The molecule has 17 heavy (non-hydrogen) atoms. The average molecular weight is 296 g/mol.